The Balaban J connectivity index is 1.93. The molecule has 0 atom stereocenters. The van der Waals surface area contributed by atoms with Gasteiger partial charge in [-0.15, -0.1) is 0 Å². The number of H-pyrrole nitrogens is 1. The van der Waals surface area contributed by atoms with Crippen LogP contribution in [0.15, 0.2) is 85.1 Å². The van der Waals surface area contributed by atoms with Crippen LogP contribution in [0.25, 0.3) is 49.6 Å². The van der Waals surface area contributed by atoms with Crippen LogP contribution in [0, 0.1) is 0 Å². The zero-order chi connectivity index (χ0) is 17.1. The quantitative estimate of drug-likeness (QED) is 0.406. The van der Waals surface area contributed by atoms with E-state index in [1.165, 1.54) is 21.9 Å². The number of aromatic nitrogens is 3. The standard InChI is InChI=1S/C23H15N3/c1-2-8-15(9-3-1)21-22-16-10-4-5-11-17(16)24-18(22)14-19-23(21)25-20-12-6-7-13-26(19)20/h1-14,24H. The number of aromatic amines is 1. The van der Waals surface area contributed by atoms with Gasteiger partial charge in [0.1, 0.15) is 5.65 Å². The monoisotopic (exact) mass is 333 g/mol. The lowest BCUT2D eigenvalue weighted by molar-refractivity contribution is 1.23. The van der Waals surface area contributed by atoms with Gasteiger partial charge in [-0.05, 0) is 29.8 Å². The molecule has 0 fully saturated rings. The first-order chi connectivity index (χ1) is 12.9. The molecule has 0 aliphatic heterocycles. The predicted molar refractivity (Wildman–Crippen MR) is 107 cm³/mol. The first-order valence-corrected chi connectivity index (χ1v) is 8.76. The SMILES string of the molecule is c1ccc(-c2c3nc4ccccn4c3cc3[nH]c4ccccc4c23)cc1. The van der Waals surface area contributed by atoms with Gasteiger partial charge in [0.25, 0.3) is 0 Å². The highest BCUT2D eigenvalue weighted by atomic mass is 15.0. The van der Waals surface area contributed by atoms with Crippen molar-refractivity contribution in [1.82, 2.24) is 14.4 Å². The molecule has 3 heteroatoms. The molecule has 0 aliphatic rings. The van der Waals surface area contributed by atoms with Crippen molar-refractivity contribution in [1.29, 1.82) is 0 Å². The summed E-state index contributed by atoms with van der Waals surface area (Å²) in [7, 11) is 0. The van der Waals surface area contributed by atoms with Crippen molar-refractivity contribution in [3.8, 4) is 11.1 Å². The maximum absolute atomic E-state index is 4.98. The molecular weight excluding hydrogens is 318 g/mol. The first kappa shape index (κ1) is 13.7. The van der Waals surface area contributed by atoms with Crippen LogP contribution in [0.4, 0.5) is 0 Å². The van der Waals surface area contributed by atoms with Crippen LogP contribution in [0.3, 0.4) is 0 Å². The van der Waals surface area contributed by atoms with E-state index in [-0.39, 0.29) is 0 Å². The molecule has 0 aliphatic carbocycles. The number of benzene rings is 3. The topological polar surface area (TPSA) is 33.1 Å². The van der Waals surface area contributed by atoms with Gasteiger partial charge in [0.15, 0.2) is 0 Å². The van der Waals surface area contributed by atoms with Gasteiger partial charge >= 0.3 is 0 Å². The first-order valence-electron chi connectivity index (χ1n) is 8.76. The fraction of sp³-hybridized carbons (Fsp3) is 0. The number of nitrogens with zero attached hydrogens (tertiary/aromatic N) is 2. The van der Waals surface area contributed by atoms with Crippen molar-refractivity contribution in [2.75, 3.05) is 0 Å². The van der Waals surface area contributed by atoms with Crippen molar-refractivity contribution < 1.29 is 0 Å². The van der Waals surface area contributed by atoms with Crippen LogP contribution in [-0.2, 0) is 0 Å². The maximum Gasteiger partial charge on any atom is 0.137 e. The summed E-state index contributed by atoms with van der Waals surface area (Å²) in [5, 5.41) is 2.48. The Kier molecular flexibility index (Phi) is 2.61. The highest BCUT2D eigenvalue weighted by molar-refractivity contribution is 6.21. The van der Waals surface area contributed by atoms with Crippen LogP contribution in [-0.4, -0.2) is 14.4 Å². The molecule has 3 aromatic carbocycles. The van der Waals surface area contributed by atoms with E-state index in [1.807, 2.05) is 12.1 Å². The van der Waals surface area contributed by atoms with Gasteiger partial charge < -0.3 is 4.98 Å². The molecule has 0 unspecified atom stereocenters. The Hall–Kier alpha value is -3.59. The molecule has 0 saturated carbocycles. The summed E-state index contributed by atoms with van der Waals surface area (Å²) in [6.07, 6.45) is 2.08. The summed E-state index contributed by atoms with van der Waals surface area (Å²) >= 11 is 0. The molecule has 6 rings (SSSR count). The minimum absolute atomic E-state index is 0.969. The average Bonchev–Trinajstić information content (AvgIpc) is 3.25. The van der Waals surface area contributed by atoms with Crippen molar-refractivity contribution in [2.45, 2.75) is 0 Å². The van der Waals surface area contributed by atoms with E-state index in [4.69, 9.17) is 4.98 Å². The van der Waals surface area contributed by atoms with E-state index in [2.05, 4.69) is 82.3 Å². The molecule has 6 aromatic rings. The van der Waals surface area contributed by atoms with Crippen molar-refractivity contribution >= 4 is 38.5 Å². The minimum atomic E-state index is 0.969. The van der Waals surface area contributed by atoms with Crippen molar-refractivity contribution in [2.24, 2.45) is 0 Å². The Morgan fingerprint density at radius 2 is 1.58 bits per heavy atom. The van der Waals surface area contributed by atoms with Crippen LogP contribution in [0.1, 0.15) is 0 Å². The number of hydrogen-bond acceptors (Lipinski definition) is 1. The molecule has 0 saturated heterocycles. The molecule has 0 spiro atoms. The van der Waals surface area contributed by atoms with E-state index in [0.717, 1.165) is 27.7 Å². The molecule has 3 nitrogen and oxygen atoms in total. The lowest BCUT2D eigenvalue weighted by Gasteiger charge is -2.06. The highest BCUT2D eigenvalue weighted by Crippen LogP contribution is 2.39. The number of pyridine rings is 1. The fourth-order valence-corrected chi connectivity index (χ4v) is 4.02. The summed E-state index contributed by atoms with van der Waals surface area (Å²) in [5.41, 5.74) is 7.81. The van der Waals surface area contributed by atoms with Crippen molar-refractivity contribution in [3.63, 3.8) is 0 Å². The number of nitrogens with one attached hydrogen (secondary N) is 1. The molecule has 26 heavy (non-hydrogen) atoms. The third kappa shape index (κ3) is 1.74. The second-order valence-electron chi connectivity index (χ2n) is 6.62. The zero-order valence-electron chi connectivity index (χ0n) is 14.0. The summed E-state index contributed by atoms with van der Waals surface area (Å²) in [6.45, 7) is 0. The van der Waals surface area contributed by atoms with E-state index < -0.39 is 0 Å². The second kappa shape index (κ2) is 4.96. The number of para-hydroxylation sites is 1. The Labute approximate surface area is 149 Å². The molecule has 3 heterocycles. The highest BCUT2D eigenvalue weighted by Gasteiger charge is 2.17. The van der Waals surface area contributed by atoms with Crippen LogP contribution < -0.4 is 0 Å². The van der Waals surface area contributed by atoms with Gasteiger partial charge in [-0.2, -0.15) is 0 Å². The van der Waals surface area contributed by atoms with Gasteiger partial charge in [-0.3, -0.25) is 4.40 Å². The molecule has 0 amide bonds. The lowest BCUT2D eigenvalue weighted by atomic mass is 9.98. The third-order valence-corrected chi connectivity index (χ3v) is 5.13. The van der Waals surface area contributed by atoms with Gasteiger partial charge in [-0.25, -0.2) is 4.98 Å². The van der Waals surface area contributed by atoms with Gasteiger partial charge in [0.2, 0.25) is 0 Å². The Bertz CT molecular complexity index is 1420. The molecule has 0 bridgehead atoms. The third-order valence-electron chi connectivity index (χ3n) is 5.13. The number of fused-ring (bicyclic) bond motifs is 6. The molecule has 1 N–H and O–H groups in total. The van der Waals surface area contributed by atoms with E-state index >= 15 is 0 Å². The maximum atomic E-state index is 4.98. The zero-order valence-corrected chi connectivity index (χ0v) is 14.0. The van der Waals surface area contributed by atoms with Crippen LogP contribution >= 0.6 is 0 Å². The van der Waals surface area contributed by atoms with Gasteiger partial charge in [0.05, 0.1) is 11.0 Å². The largest absolute Gasteiger partial charge is 0.354 e. The Morgan fingerprint density at radius 3 is 2.50 bits per heavy atom. The molecule has 0 radical (unpaired) electrons. The molecular formula is C23H15N3. The van der Waals surface area contributed by atoms with Gasteiger partial charge in [0, 0.05) is 33.6 Å². The van der Waals surface area contributed by atoms with E-state index in [9.17, 15) is 0 Å². The van der Waals surface area contributed by atoms with Crippen LogP contribution in [0.5, 0.6) is 0 Å². The summed E-state index contributed by atoms with van der Waals surface area (Å²) < 4.78 is 2.16. The van der Waals surface area contributed by atoms with Crippen LogP contribution in [0.2, 0.25) is 0 Å². The molecule has 3 aromatic heterocycles. The number of imidazole rings is 1. The lowest BCUT2D eigenvalue weighted by Crippen LogP contribution is -1.85. The summed E-state index contributed by atoms with van der Waals surface area (Å²) in [6, 6.07) is 27.4. The summed E-state index contributed by atoms with van der Waals surface area (Å²) in [5.74, 6) is 0. The van der Waals surface area contributed by atoms with E-state index in [1.54, 1.807) is 0 Å². The normalized spacial score (nSPS) is 11.8. The molecule has 122 valence electrons. The summed E-state index contributed by atoms with van der Waals surface area (Å²) in [4.78, 5) is 8.57. The van der Waals surface area contributed by atoms with Gasteiger partial charge in [-0.1, -0.05) is 54.6 Å². The second-order valence-corrected chi connectivity index (χ2v) is 6.62. The smallest absolute Gasteiger partial charge is 0.137 e. The van der Waals surface area contributed by atoms with Crippen molar-refractivity contribution in [3.05, 3.63) is 85.1 Å². The number of hydrogen-bond donors (Lipinski definition) is 1. The predicted octanol–water partition coefficient (Wildman–Crippen LogP) is 5.79. The average molecular weight is 333 g/mol. The number of rotatable bonds is 1. The minimum Gasteiger partial charge on any atom is -0.354 e. The fourth-order valence-electron chi connectivity index (χ4n) is 4.02. The Morgan fingerprint density at radius 1 is 0.769 bits per heavy atom. The van der Waals surface area contributed by atoms with E-state index in [0.29, 0.717) is 0 Å².